The van der Waals surface area contributed by atoms with Gasteiger partial charge in [-0.3, -0.25) is 0 Å². The summed E-state index contributed by atoms with van der Waals surface area (Å²) in [4.78, 5) is 0. The zero-order valence-corrected chi connectivity index (χ0v) is 4.51. The Labute approximate surface area is 44.1 Å². The Morgan fingerprint density at radius 2 is 1.67 bits per heavy atom. The zero-order chi connectivity index (χ0) is 5.41. The van der Waals surface area contributed by atoms with Crippen LogP contribution in [0.1, 0.15) is 0 Å². The van der Waals surface area contributed by atoms with Gasteiger partial charge in [-0.25, -0.2) is 0 Å². The van der Waals surface area contributed by atoms with Gasteiger partial charge in [0.15, 0.2) is 0 Å². The molecule has 0 aliphatic heterocycles. The van der Waals surface area contributed by atoms with Gasteiger partial charge >= 0.3 is 0 Å². The number of rotatable bonds is 0. The summed E-state index contributed by atoms with van der Waals surface area (Å²) < 4.78 is 0. The number of hydrogen-bond acceptors (Lipinski definition) is 3. The smallest absolute Gasteiger partial charge is 0.0905 e. The first-order valence-corrected chi connectivity index (χ1v) is 2.17. The molecule has 0 aromatic heterocycles. The molecule has 0 saturated carbocycles. The Morgan fingerprint density at radius 1 is 1.50 bits per heavy atom. The highest BCUT2D eigenvalue weighted by Crippen LogP contribution is 1.68. The van der Waals surface area contributed by atoms with Crippen molar-refractivity contribution in [3.05, 3.63) is 0 Å². The van der Waals surface area contributed by atoms with Gasteiger partial charge in [-0.15, -0.1) is 0 Å². The molecule has 0 unspecified atom stereocenters. The van der Waals surface area contributed by atoms with Crippen LogP contribution in [0.3, 0.4) is 0 Å². The number of halogens is 1. The molecule has 0 aromatic rings. The maximum atomic E-state index is 7.58. The number of hydrogen-bond donors (Lipinski definition) is 0. The molecular formula is C2H2BrN3. The van der Waals surface area contributed by atoms with E-state index >= 15 is 0 Å². The van der Waals surface area contributed by atoms with Crippen molar-refractivity contribution < 1.29 is 0 Å². The van der Waals surface area contributed by atoms with Gasteiger partial charge in [0.05, 0.1) is 11.4 Å². The summed E-state index contributed by atoms with van der Waals surface area (Å²) in [5, 5.41) is 20.0. The summed E-state index contributed by atoms with van der Waals surface area (Å²) in [6, 6.07) is 1.85. The first-order chi connectivity index (χ1) is 2.91. The highest BCUT2D eigenvalue weighted by molar-refractivity contribution is 9.09. The third-order valence-electron chi connectivity index (χ3n) is 0.0598. The summed E-state index contributed by atoms with van der Waals surface area (Å²) in [7, 11) is 0. The Morgan fingerprint density at radius 3 is 1.67 bits per heavy atom. The van der Waals surface area contributed by atoms with Crippen molar-refractivity contribution in [3.63, 3.8) is 0 Å². The van der Waals surface area contributed by atoms with Crippen molar-refractivity contribution in [3.8, 4) is 6.07 Å². The van der Waals surface area contributed by atoms with Crippen LogP contribution in [0.4, 0.5) is 0 Å². The molecule has 0 amide bonds. The third kappa shape index (κ3) is 127. The molecule has 32 valence electrons. The molecule has 0 aromatic carbocycles. The van der Waals surface area contributed by atoms with Gasteiger partial charge in [0.25, 0.3) is 0 Å². The van der Waals surface area contributed by atoms with E-state index in [1.807, 2.05) is 6.07 Å². The van der Waals surface area contributed by atoms with Crippen LogP contribution in [0.15, 0.2) is 0 Å². The molecule has 0 bridgehead atoms. The Kier molecular flexibility index (Phi) is 39.3. The second-order valence-corrected chi connectivity index (χ2v) is 0.852. The zero-order valence-electron chi connectivity index (χ0n) is 2.93. The van der Waals surface area contributed by atoms with Crippen LogP contribution in [-0.4, -0.2) is 5.33 Å². The van der Waals surface area contributed by atoms with Crippen molar-refractivity contribution in [1.29, 1.82) is 16.0 Å². The quantitative estimate of drug-likeness (QED) is 0.379. The highest BCUT2D eigenvalue weighted by atomic mass is 79.9. The molecular weight excluding hydrogens is 146 g/mol. The molecule has 0 atom stereocenters. The molecule has 6 heavy (non-hydrogen) atoms. The summed E-state index contributed by atoms with van der Waals surface area (Å²) in [5.74, 6) is 0. The molecule has 0 aliphatic carbocycles. The van der Waals surface area contributed by atoms with E-state index < -0.39 is 0 Å². The Balaban J connectivity index is 0. The number of nitrogens with zero attached hydrogens (tertiary/aromatic N) is 3. The van der Waals surface area contributed by atoms with Crippen molar-refractivity contribution in [2.75, 3.05) is 5.33 Å². The minimum atomic E-state index is 0.438. The summed E-state index contributed by atoms with van der Waals surface area (Å²) in [6.45, 7) is 0. The van der Waals surface area contributed by atoms with E-state index in [1.165, 1.54) is 0 Å². The first kappa shape index (κ1) is 9.04. The fraction of sp³-hybridized carbons (Fsp3) is 0.500. The molecule has 0 fully saturated rings. The maximum Gasteiger partial charge on any atom is 0.0905 e. The van der Waals surface area contributed by atoms with Crippen molar-refractivity contribution in [2.45, 2.75) is 0 Å². The summed E-state index contributed by atoms with van der Waals surface area (Å²) in [6.07, 6.45) is 0. The molecule has 4 heteroatoms. The lowest BCUT2D eigenvalue weighted by atomic mass is 10.9. The molecule has 0 heterocycles. The predicted octanol–water partition coefficient (Wildman–Crippen LogP) is 0.935. The molecule has 0 rings (SSSR count). The van der Waals surface area contributed by atoms with E-state index in [0.29, 0.717) is 5.33 Å². The van der Waals surface area contributed by atoms with E-state index in [2.05, 4.69) is 15.9 Å². The van der Waals surface area contributed by atoms with Crippen molar-refractivity contribution >= 4 is 15.9 Å². The monoisotopic (exact) mass is 147 g/mol. The largest absolute Gasteiger partial charge is 0.197 e. The highest BCUT2D eigenvalue weighted by Gasteiger charge is 1.52. The molecule has 3 nitrogen and oxygen atoms in total. The SMILES string of the molecule is N#CCBr.N#N. The van der Waals surface area contributed by atoms with Crippen LogP contribution in [0.5, 0.6) is 0 Å². The lowest BCUT2D eigenvalue weighted by Crippen LogP contribution is -1.45. The van der Waals surface area contributed by atoms with E-state index in [0.717, 1.165) is 0 Å². The Bertz CT molecular complexity index is 60.9. The van der Waals surface area contributed by atoms with Crippen LogP contribution in [0.25, 0.3) is 0 Å². The molecule has 0 spiro atoms. The minimum Gasteiger partial charge on any atom is -0.197 e. The normalized spacial score (nSPS) is 3.67. The van der Waals surface area contributed by atoms with Gasteiger partial charge in [0.1, 0.15) is 0 Å². The lowest BCUT2D eigenvalue weighted by Gasteiger charge is -1.44. The molecule has 0 N–H and O–H groups in total. The van der Waals surface area contributed by atoms with Gasteiger partial charge in [0.2, 0.25) is 0 Å². The van der Waals surface area contributed by atoms with E-state index in [4.69, 9.17) is 16.0 Å². The lowest BCUT2D eigenvalue weighted by molar-refractivity contribution is 1.15. The van der Waals surface area contributed by atoms with E-state index in [9.17, 15) is 0 Å². The van der Waals surface area contributed by atoms with Crippen LogP contribution < -0.4 is 0 Å². The fourth-order valence-electron chi connectivity index (χ4n) is 0. The number of nitriles is 1. The molecule has 0 saturated heterocycles. The van der Waals surface area contributed by atoms with Crippen LogP contribution in [0.2, 0.25) is 0 Å². The van der Waals surface area contributed by atoms with Crippen LogP contribution in [-0.2, 0) is 0 Å². The fourth-order valence-corrected chi connectivity index (χ4v) is 0. The third-order valence-corrected chi connectivity index (χ3v) is 0.311. The van der Waals surface area contributed by atoms with Crippen molar-refractivity contribution in [1.82, 2.24) is 0 Å². The molecule has 0 radical (unpaired) electrons. The second-order valence-electron chi connectivity index (χ2n) is 0.292. The van der Waals surface area contributed by atoms with Crippen molar-refractivity contribution in [2.24, 2.45) is 0 Å². The van der Waals surface area contributed by atoms with Gasteiger partial charge in [-0.2, -0.15) is 5.26 Å². The molecule has 0 aliphatic rings. The first-order valence-electron chi connectivity index (χ1n) is 1.04. The summed E-state index contributed by atoms with van der Waals surface area (Å²) >= 11 is 2.89. The predicted molar refractivity (Wildman–Crippen MR) is 22.9 cm³/mol. The second kappa shape index (κ2) is 26.1. The summed E-state index contributed by atoms with van der Waals surface area (Å²) in [5.41, 5.74) is 0. The standard InChI is InChI=1S/C2H2BrN.N2/c3-1-2-4;1-2/h1H2;. The van der Waals surface area contributed by atoms with E-state index in [1.54, 1.807) is 0 Å². The minimum absolute atomic E-state index is 0.438. The average Bonchev–Trinajstić information content (AvgIpc) is 1.72. The van der Waals surface area contributed by atoms with Gasteiger partial charge < -0.3 is 0 Å². The van der Waals surface area contributed by atoms with Crippen LogP contribution in [0, 0.1) is 22.1 Å². The topological polar surface area (TPSA) is 71.4 Å². The van der Waals surface area contributed by atoms with Crippen LogP contribution >= 0.6 is 15.9 Å². The Hall–Kier alpha value is -0.610. The van der Waals surface area contributed by atoms with E-state index in [-0.39, 0.29) is 0 Å². The van der Waals surface area contributed by atoms with Gasteiger partial charge in [-0.05, 0) is 0 Å². The van der Waals surface area contributed by atoms with Gasteiger partial charge in [0, 0.05) is 10.8 Å². The maximum absolute atomic E-state index is 7.58. The number of alkyl halides is 1. The van der Waals surface area contributed by atoms with Gasteiger partial charge in [-0.1, -0.05) is 15.9 Å². The average molecular weight is 148 g/mol.